The third kappa shape index (κ3) is 2.45. The number of aromatic nitrogens is 4. The molecule has 0 atom stereocenters. The molecule has 2 heterocycles. The Morgan fingerprint density at radius 3 is 2.56 bits per heavy atom. The minimum atomic E-state index is 0.550. The standard InChI is InChI=1S/C8H15N7S/c1-13-8(10-11-12-13)15-4-2-14(3-5-15)6-7(9)16/h2-6H2,1H3,(H2,9,16). The Morgan fingerprint density at radius 1 is 1.38 bits per heavy atom. The van der Waals surface area contributed by atoms with Crippen LogP contribution in [-0.2, 0) is 7.05 Å². The minimum absolute atomic E-state index is 0.550. The number of thiocarbonyl (C=S) groups is 1. The Kier molecular flexibility index (Phi) is 3.30. The number of hydrogen-bond acceptors (Lipinski definition) is 6. The molecule has 1 fully saturated rings. The van der Waals surface area contributed by atoms with Gasteiger partial charge in [-0.25, -0.2) is 4.68 Å². The van der Waals surface area contributed by atoms with Crippen LogP contribution >= 0.6 is 12.2 Å². The lowest BCUT2D eigenvalue weighted by atomic mass is 10.3. The summed E-state index contributed by atoms with van der Waals surface area (Å²) in [6.07, 6.45) is 0. The largest absolute Gasteiger partial charge is 0.392 e. The van der Waals surface area contributed by atoms with Crippen LogP contribution in [0.15, 0.2) is 0 Å². The van der Waals surface area contributed by atoms with Crippen LogP contribution in [0.4, 0.5) is 5.95 Å². The maximum atomic E-state index is 5.52. The van der Waals surface area contributed by atoms with Gasteiger partial charge >= 0.3 is 0 Å². The maximum absolute atomic E-state index is 5.52. The quantitative estimate of drug-likeness (QED) is 0.653. The molecule has 16 heavy (non-hydrogen) atoms. The molecule has 88 valence electrons. The fourth-order valence-electron chi connectivity index (χ4n) is 1.82. The molecule has 7 nitrogen and oxygen atoms in total. The van der Waals surface area contributed by atoms with Crippen molar-refractivity contribution in [1.29, 1.82) is 0 Å². The lowest BCUT2D eigenvalue weighted by Gasteiger charge is -2.34. The predicted octanol–water partition coefficient (Wildman–Crippen LogP) is -1.38. The van der Waals surface area contributed by atoms with Gasteiger partial charge in [-0.3, -0.25) is 4.90 Å². The van der Waals surface area contributed by atoms with Crippen molar-refractivity contribution in [2.45, 2.75) is 0 Å². The summed E-state index contributed by atoms with van der Waals surface area (Å²) >= 11 is 4.89. The first-order chi connectivity index (χ1) is 7.66. The zero-order chi connectivity index (χ0) is 11.5. The lowest BCUT2D eigenvalue weighted by molar-refractivity contribution is 0.290. The maximum Gasteiger partial charge on any atom is 0.245 e. The number of piperazine rings is 1. The number of nitrogens with two attached hydrogens (primary N) is 1. The van der Waals surface area contributed by atoms with Gasteiger partial charge in [0, 0.05) is 39.8 Å². The van der Waals surface area contributed by atoms with E-state index < -0.39 is 0 Å². The van der Waals surface area contributed by atoms with Gasteiger partial charge in [-0.05, 0) is 10.4 Å². The molecule has 0 radical (unpaired) electrons. The van der Waals surface area contributed by atoms with Gasteiger partial charge in [0.2, 0.25) is 5.95 Å². The smallest absolute Gasteiger partial charge is 0.245 e. The second-order valence-corrected chi connectivity index (χ2v) is 4.36. The number of anilines is 1. The molecule has 1 aliphatic rings. The second kappa shape index (κ2) is 4.71. The zero-order valence-corrected chi connectivity index (χ0v) is 10.0. The number of rotatable bonds is 3. The molecule has 1 aromatic heterocycles. The summed E-state index contributed by atoms with van der Waals surface area (Å²) in [5.74, 6) is 0.815. The third-order valence-electron chi connectivity index (χ3n) is 2.63. The van der Waals surface area contributed by atoms with Crippen LogP contribution in [-0.4, -0.2) is 62.8 Å². The van der Waals surface area contributed by atoms with E-state index in [9.17, 15) is 0 Å². The molecule has 2 rings (SSSR count). The molecular weight excluding hydrogens is 226 g/mol. The average molecular weight is 241 g/mol. The van der Waals surface area contributed by atoms with Crippen LogP contribution in [0.3, 0.4) is 0 Å². The molecule has 1 aromatic rings. The van der Waals surface area contributed by atoms with Gasteiger partial charge in [0.05, 0.1) is 4.99 Å². The highest BCUT2D eigenvalue weighted by Gasteiger charge is 2.20. The van der Waals surface area contributed by atoms with E-state index in [1.54, 1.807) is 4.68 Å². The molecule has 0 bridgehead atoms. The summed E-state index contributed by atoms with van der Waals surface area (Å²) in [4.78, 5) is 4.95. The molecule has 0 aromatic carbocycles. The Balaban J connectivity index is 1.90. The zero-order valence-electron chi connectivity index (χ0n) is 9.20. The van der Waals surface area contributed by atoms with Gasteiger partial charge in [-0.15, -0.1) is 0 Å². The number of aryl methyl sites for hydroxylation is 1. The van der Waals surface area contributed by atoms with E-state index in [2.05, 4.69) is 25.3 Å². The highest BCUT2D eigenvalue weighted by Crippen LogP contribution is 2.10. The summed E-state index contributed by atoms with van der Waals surface area (Å²) in [6.45, 7) is 4.36. The van der Waals surface area contributed by atoms with Crippen LogP contribution in [0.25, 0.3) is 0 Å². The topological polar surface area (TPSA) is 76.1 Å². The summed E-state index contributed by atoms with van der Waals surface area (Å²) in [5, 5.41) is 11.4. The van der Waals surface area contributed by atoms with Gasteiger partial charge in [-0.2, -0.15) is 0 Å². The molecule has 0 saturated carbocycles. The highest BCUT2D eigenvalue weighted by molar-refractivity contribution is 7.80. The van der Waals surface area contributed by atoms with Crippen LogP contribution in [0, 0.1) is 0 Å². The minimum Gasteiger partial charge on any atom is -0.392 e. The van der Waals surface area contributed by atoms with E-state index in [-0.39, 0.29) is 0 Å². The fourth-order valence-corrected chi connectivity index (χ4v) is 2.00. The molecule has 2 N–H and O–H groups in total. The number of hydrogen-bond donors (Lipinski definition) is 1. The fraction of sp³-hybridized carbons (Fsp3) is 0.750. The molecule has 0 unspecified atom stereocenters. The van der Waals surface area contributed by atoms with Crippen LogP contribution in [0.5, 0.6) is 0 Å². The second-order valence-electron chi connectivity index (χ2n) is 3.83. The van der Waals surface area contributed by atoms with Crippen molar-refractivity contribution in [2.24, 2.45) is 12.8 Å². The van der Waals surface area contributed by atoms with Crippen molar-refractivity contribution >= 4 is 23.2 Å². The van der Waals surface area contributed by atoms with Gasteiger partial charge in [-0.1, -0.05) is 17.3 Å². The van der Waals surface area contributed by atoms with E-state index in [1.165, 1.54) is 0 Å². The Morgan fingerprint density at radius 2 is 2.06 bits per heavy atom. The van der Waals surface area contributed by atoms with E-state index in [4.69, 9.17) is 18.0 Å². The summed E-state index contributed by atoms with van der Waals surface area (Å²) in [6, 6.07) is 0. The molecule has 0 amide bonds. The molecule has 1 saturated heterocycles. The van der Waals surface area contributed by atoms with Crippen LogP contribution in [0.2, 0.25) is 0 Å². The number of tetrazole rings is 1. The molecule has 0 spiro atoms. The number of nitrogens with zero attached hydrogens (tertiary/aromatic N) is 6. The molecular formula is C8H15N7S. The lowest BCUT2D eigenvalue weighted by Crippen LogP contribution is -2.49. The van der Waals surface area contributed by atoms with Crippen molar-refractivity contribution in [3.63, 3.8) is 0 Å². The first kappa shape index (κ1) is 11.2. The van der Waals surface area contributed by atoms with E-state index in [0.717, 1.165) is 32.1 Å². The molecule has 1 aliphatic heterocycles. The van der Waals surface area contributed by atoms with Gasteiger partial charge in [0.25, 0.3) is 0 Å². The van der Waals surface area contributed by atoms with Gasteiger partial charge in [0.15, 0.2) is 0 Å². The monoisotopic (exact) mass is 241 g/mol. The Bertz CT molecular complexity index is 368. The summed E-state index contributed by atoms with van der Waals surface area (Å²) < 4.78 is 1.68. The van der Waals surface area contributed by atoms with E-state index in [0.29, 0.717) is 11.5 Å². The highest BCUT2D eigenvalue weighted by atomic mass is 32.1. The predicted molar refractivity (Wildman–Crippen MR) is 64.2 cm³/mol. The van der Waals surface area contributed by atoms with Crippen molar-refractivity contribution in [3.8, 4) is 0 Å². The summed E-state index contributed by atoms with van der Waals surface area (Å²) in [5.41, 5.74) is 5.52. The van der Waals surface area contributed by atoms with E-state index >= 15 is 0 Å². The third-order valence-corrected chi connectivity index (χ3v) is 2.76. The van der Waals surface area contributed by atoms with Gasteiger partial charge < -0.3 is 10.6 Å². The SMILES string of the molecule is Cn1nnnc1N1CCN(CC(N)=S)CC1. The van der Waals surface area contributed by atoms with Crippen molar-refractivity contribution < 1.29 is 0 Å². The Hall–Kier alpha value is -1.28. The van der Waals surface area contributed by atoms with Crippen molar-refractivity contribution in [2.75, 3.05) is 37.6 Å². The van der Waals surface area contributed by atoms with Crippen molar-refractivity contribution in [1.82, 2.24) is 25.1 Å². The van der Waals surface area contributed by atoms with Gasteiger partial charge in [0.1, 0.15) is 0 Å². The summed E-state index contributed by atoms with van der Waals surface area (Å²) in [7, 11) is 1.84. The van der Waals surface area contributed by atoms with E-state index in [1.807, 2.05) is 7.05 Å². The first-order valence-electron chi connectivity index (χ1n) is 5.15. The average Bonchev–Trinajstić information content (AvgIpc) is 2.65. The normalized spacial score (nSPS) is 17.7. The molecule has 8 heteroatoms. The van der Waals surface area contributed by atoms with Crippen molar-refractivity contribution in [3.05, 3.63) is 0 Å². The Labute approximate surface area is 99.2 Å². The van der Waals surface area contributed by atoms with Crippen LogP contribution in [0.1, 0.15) is 0 Å². The molecule has 0 aliphatic carbocycles. The first-order valence-corrected chi connectivity index (χ1v) is 5.55. The van der Waals surface area contributed by atoms with Crippen LogP contribution < -0.4 is 10.6 Å².